The maximum atomic E-state index is 5.90. The topological polar surface area (TPSA) is 16.1 Å². The lowest BCUT2D eigenvalue weighted by atomic mass is 10.1. The fourth-order valence-electron chi connectivity index (χ4n) is 1.95. The highest BCUT2D eigenvalue weighted by Crippen LogP contribution is 2.23. The summed E-state index contributed by atoms with van der Waals surface area (Å²) in [6.07, 6.45) is 7.68. The Hall–Kier alpha value is -0.760. The molecule has 76 valence electrons. The van der Waals surface area contributed by atoms with Crippen molar-refractivity contribution < 1.29 is 0 Å². The van der Waals surface area contributed by atoms with E-state index in [1.54, 1.807) is 0 Å². The maximum absolute atomic E-state index is 5.90. The molecular formula is C11H15ClN2. The van der Waals surface area contributed by atoms with Gasteiger partial charge in [-0.1, -0.05) is 0 Å². The Morgan fingerprint density at radius 2 is 2.07 bits per heavy atom. The number of piperidine rings is 1. The molecule has 1 fully saturated rings. The number of hydrogen-bond donors (Lipinski definition) is 0. The third-order valence-electron chi connectivity index (χ3n) is 2.73. The summed E-state index contributed by atoms with van der Waals surface area (Å²) in [5.74, 6) is 0.578. The summed E-state index contributed by atoms with van der Waals surface area (Å²) >= 11 is 5.90. The number of halogens is 1. The van der Waals surface area contributed by atoms with Crippen molar-refractivity contribution in [2.24, 2.45) is 0 Å². The lowest BCUT2D eigenvalue weighted by Gasteiger charge is -2.29. The lowest BCUT2D eigenvalue weighted by molar-refractivity contribution is 0.576. The minimum absolute atomic E-state index is 0.578. The van der Waals surface area contributed by atoms with E-state index in [0.717, 1.165) is 13.1 Å². The molecule has 2 heterocycles. The SMILES string of the molecule is ClCc1ccncc1N1CCCCC1. The fraction of sp³-hybridized carbons (Fsp3) is 0.545. The van der Waals surface area contributed by atoms with Gasteiger partial charge >= 0.3 is 0 Å². The molecule has 0 radical (unpaired) electrons. The van der Waals surface area contributed by atoms with Crippen LogP contribution >= 0.6 is 11.6 Å². The van der Waals surface area contributed by atoms with Crippen LogP contribution in [0.15, 0.2) is 18.5 Å². The Bertz CT molecular complexity index is 295. The van der Waals surface area contributed by atoms with Crippen LogP contribution in [-0.2, 0) is 5.88 Å². The molecule has 2 rings (SSSR count). The van der Waals surface area contributed by atoms with Crippen LogP contribution in [0.1, 0.15) is 24.8 Å². The van der Waals surface area contributed by atoms with Crippen LogP contribution in [0.4, 0.5) is 5.69 Å². The second kappa shape index (κ2) is 4.65. The molecule has 1 saturated heterocycles. The molecule has 14 heavy (non-hydrogen) atoms. The molecule has 0 unspecified atom stereocenters. The molecule has 0 aliphatic carbocycles. The summed E-state index contributed by atoms with van der Waals surface area (Å²) in [4.78, 5) is 6.57. The van der Waals surface area contributed by atoms with E-state index in [1.807, 2.05) is 18.5 Å². The van der Waals surface area contributed by atoms with Crippen LogP contribution in [0.2, 0.25) is 0 Å². The maximum Gasteiger partial charge on any atom is 0.0597 e. The van der Waals surface area contributed by atoms with E-state index in [2.05, 4.69) is 9.88 Å². The molecule has 0 saturated carbocycles. The molecule has 0 amide bonds. The van der Waals surface area contributed by atoms with E-state index in [4.69, 9.17) is 11.6 Å². The number of pyridine rings is 1. The van der Waals surface area contributed by atoms with Gasteiger partial charge in [-0.15, -0.1) is 11.6 Å². The zero-order chi connectivity index (χ0) is 9.80. The van der Waals surface area contributed by atoms with Crippen molar-refractivity contribution in [3.63, 3.8) is 0 Å². The Morgan fingerprint density at radius 1 is 1.29 bits per heavy atom. The van der Waals surface area contributed by atoms with Crippen molar-refractivity contribution in [3.05, 3.63) is 24.0 Å². The van der Waals surface area contributed by atoms with Crippen LogP contribution in [0.5, 0.6) is 0 Å². The zero-order valence-corrected chi connectivity index (χ0v) is 9.00. The van der Waals surface area contributed by atoms with Crippen molar-refractivity contribution in [2.75, 3.05) is 18.0 Å². The lowest BCUT2D eigenvalue weighted by Crippen LogP contribution is -2.30. The highest BCUT2D eigenvalue weighted by Gasteiger charge is 2.13. The summed E-state index contributed by atoms with van der Waals surface area (Å²) in [6.45, 7) is 2.30. The number of rotatable bonds is 2. The quantitative estimate of drug-likeness (QED) is 0.698. The molecule has 1 aromatic heterocycles. The van der Waals surface area contributed by atoms with Gasteiger partial charge in [0.1, 0.15) is 0 Å². The smallest absolute Gasteiger partial charge is 0.0597 e. The van der Waals surface area contributed by atoms with E-state index in [0.29, 0.717) is 5.88 Å². The second-order valence-electron chi connectivity index (χ2n) is 3.69. The molecule has 2 nitrogen and oxygen atoms in total. The van der Waals surface area contributed by atoms with Crippen LogP contribution < -0.4 is 4.90 Å². The van der Waals surface area contributed by atoms with Gasteiger partial charge in [-0.05, 0) is 30.9 Å². The highest BCUT2D eigenvalue weighted by atomic mass is 35.5. The average Bonchev–Trinajstić information content (AvgIpc) is 2.30. The number of anilines is 1. The van der Waals surface area contributed by atoms with E-state index >= 15 is 0 Å². The minimum Gasteiger partial charge on any atom is -0.370 e. The van der Waals surface area contributed by atoms with Gasteiger partial charge in [-0.2, -0.15) is 0 Å². The van der Waals surface area contributed by atoms with Gasteiger partial charge in [-0.3, -0.25) is 4.98 Å². The molecule has 1 aliphatic rings. The summed E-state index contributed by atoms with van der Waals surface area (Å²) in [7, 11) is 0. The minimum atomic E-state index is 0.578. The first kappa shape index (κ1) is 9.78. The van der Waals surface area contributed by atoms with Gasteiger partial charge in [0.25, 0.3) is 0 Å². The van der Waals surface area contributed by atoms with Gasteiger partial charge in [0.15, 0.2) is 0 Å². The predicted molar refractivity (Wildman–Crippen MR) is 59.9 cm³/mol. The molecule has 1 aliphatic heterocycles. The Morgan fingerprint density at radius 3 is 2.79 bits per heavy atom. The van der Waals surface area contributed by atoms with Crippen LogP contribution in [0, 0.1) is 0 Å². The van der Waals surface area contributed by atoms with E-state index in [1.165, 1.54) is 30.5 Å². The van der Waals surface area contributed by atoms with Crippen molar-refractivity contribution >= 4 is 17.3 Å². The number of aromatic nitrogens is 1. The first-order chi connectivity index (χ1) is 6.92. The third-order valence-corrected chi connectivity index (χ3v) is 3.02. The number of hydrogen-bond acceptors (Lipinski definition) is 2. The highest BCUT2D eigenvalue weighted by molar-refractivity contribution is 6.17. The van der Waals surface area contributed by atoms with Crippen molar-refractivity contribution in [1.29, 1.82) is 0 Å². The standard InChI is InChI=1S/C11H15ClN2/c12-8-10-4-5-13-9-11(10)14-6-2-1-3-7-14/h4-5,9H,1-3,6-8H2. The van der Waals surface area contributed by atoms with Crippen molar-refractivity contribution in [3.8, 4) is 0 Å². The van der Waals surface area contributed by atoms with Crippen LogP contribution in [0.25, 0.3) is 0 Å². The largest absolute Gasteiger partial charge is 0.370 e. The molecule has 0 atom stereocenters. The molecule has 0 N–H and O–H groups in total. The second-order valence-corrected chi connectivity index (χ2v) is 3.95. The molecule has 0 aromatic carbocycles. The van der Waals surface area contributed by atoms with Crippen molar-refractivity contribution in [1.82, 2.24) is 4.98 Å². The van der Waals surface area contributed by atoms with Crippen LogP contribution in [-0.4, -0.2) is 18.1 Å². The first-order valence-electron chi connectivity index (χ1n) is 5.15. The predicted octanol–water partition coefficient (Wildman–Crippen LogP) is 2.81. The molecular weight excluding hydrogens is 196 g/mol. The summed E-state index contributed by atoms with van der Waals surface area (Å²) in [5.41, 5.74) is 2.42. The molecule has 1 aromatic rings. The van der Waals surface area contributed by atoms with E-state index in [-0.39, 0.29) is 0 Å². The molecule has 0 spiro atoms. The van der Waals surface area contributed by atoms with E-state index < -0.39 is 0 Å². The van der Waals surface area contributed by atoms with E-state index in [9.17, 15) is 0 Å². The first-order valence-corrected chi connectivity index (χ1v) is 5.69. The number of alkyl halides is 1. The van der Waals surface area contributed by atoms with Gasteiger partial charge in [0, 0.05) is 25.2 Å². The summed E-state index contributed by atoms with van der Waals surface area (Å²) in [6, 6.07) is 2.01. The summed E-state index contributed by atoms with van der Waals surface area (Å²) < 4.78 is 0. The monoisotopic (exact) mass is 210 g/mol. The normalized spacial score (nSPS) is 17.1. The van der Waals surface area contributed by atoms with Gasteiger partial charge in [-0.25, -0.2) is 0 Å². The average molecular weight is 211 g/mol. The Kier molecular flexibility index (Phi) is 3.25. The van der Waals surface area contributed by atoms with Crippen LogP contribution in [0.3, 0.4) is 0 Å². The Balaban J connectivity index is 2.20. The number of nitrogens with zero attached hydrogens (tertiary/aromatic N) is 2. The Labute approximate surface area is 89.9 Å². The van der Waals surface area contributed by atoms with Gasteiger partial charge in [0.05, 0.1) is 11.9 Å². The van der Waals surface area contributed by atoms with Gasteiger partial charge in [0.2, 0.25) is 0 Å². The van der Waals surface area contributed by atoms with Crippen molar-refractivity contribution in [2.45, 2.75) is 25.1 Å². The molecule has 0 bridgehead atoms. The third kappa shape index (κ3) is 2.01. The summed E-state index contributed by atoms with van der Waals surface area (Å²) in [5, 5.41) is 0. The van der Waals surface area contributed by atoms with Gasteiger partial charge < -0.3 is 4.90 Å². The zero-order valence-electron chi connectivity index (χ0n) is 8.25. The fourth-order valence-corrected chi connectivity index (χ4v) is 2.17. The molecule has 3 heteroatoms.